The van der Waals surface area contributed by atoms with Gasteiger partial charge in [-0.1, -0.05) is 11.6 Å². The zero-order valence-electron chi connectivity index (χ0n) is 10.3. The standard InChI is InChI=1S/C13H20ClN3/c1-2-17(10-11-4-3-6-15-8-11)13-5-7-16-9-12(13)14/h5,7,9,11,15H,2-4,6,8,10H2,1H3. The fraction of sp³-hybridized carbons (Fsp3) is 0.615. The highest BCUT2D eigenvalue weighted by Gasteiger charge is 2.17. The van der Waals surface area contributed by atoms with Crippen LogP contribution in [-0.2, 0) is 0 Å². The number of hydrogen-bond donors (Lipinski definition) is 1. The lowest BCUT2D eigenvalue weighted by atomic mass is 9.99. The topological polar surface area (TPSA) is 28.2 Å². The molecule has 0 amide bonds. The molecule has 1 N–H and O–H groups in total. The summed E-state index contributed by atoms with van der Waals surface area (Å²) in [6.45, 7) is 6.53. The highest BCUT2D eigenvalue weighted by molar-refractivity contribution is 6.33. The second kappa shape index (κ2) is 6.22. The van der Waals surface area contributed by atoms with Crippen LogP contribution in [-0.4, -0.2) is 31.2 Å². The van der Waals surface area contributed by atoms with Gasteiger partial charge in [0, 0.05) is 25.5 Å². The monoisotopic (exact) mass is 253 g/mol. The molecule has 17 heavy (non-hydrogen) atoms. The number of nitrogens with one attached hydrogen (secondary N) is 1. The molecular formula is C13H20ClN3. The molecule has 0 saturated carbocycles. The van der Waals surface area contributed by atoms with Crippen molar-refractivity contribution in [3.05, 3.63) is 23.5 Å². The number of nitrogens with zero attached hydrogens (tertiary/aromatic N) is 2. The first-order valence-corrected chi connectivity index (χ1v) is 6.74. The van der Waals surface area contributed by atoms with Gasteiger partial charge in [-0.05, 0) is 44.8 Å². The molecule has 1 aliphatic rings. The Morgan fingerprint density at radius 2 is 2.47 bits per heavy atom. The Bertz CT molecular complexity index is 350. The fourth-order valence-electron chi connectivity index (χ4n) is 2.41. The molecular weight excluding hydrogens is 234 g/mol. The van der Waals surface area contributed by atoms with E-state index in [0.29, 0.717) is 0 Å². The van der Waals surface area contributed by atoms with Crippen LogP contribution in [0.3, 0.4) is 0 Å². The average molecular weight is 254 g/mol. The van der Waals surface area contributed by atoms with Crippen LogP contribution in [0, 0.1) is 5.92 Å². The van der Waals surface area contributed by atoms with E-state index in [1.807, 2.05) is 12.3 Å². The molecule has 1 unspecified atom stereocenters. The molecule has 2 rings (SSSR count). The molecule has 2 heterocycles. The predicted molar refractivity (Wildman–Crippen MR) is 72.7 cm³/mol. The molecule has 4 heteroatoms. The van der Waals surface area contributed by atoms with E-state index in [1.54, 1.807) is 6.20 Å². The number of aromatic nitrogens is 1. The minimum absolute atomic E-state index is 0.730. The van der Waals surface area contributed by atoms with E-state index in [9.17, 15) is 0 Å². The molecule has 94 valence electrons. The highest BCUT2D eigenvalue weighted by atomic mass is 35.5. The number of piperidine rings is 1. The zero-order chi connectivity index (χ0) is 12.1. The molecule has 1 aromatic heterocycles. The number of anilines is 1. The summed E-state index contributed by atoms with van der Waals surface area (Å²) in [4.78, 5) is 6.39. The maximum absolute atomic E-state index is 6.20. The predicted octanol–water partition coefficient (Wildman–Crippen LogP) is 2.56. The quantitative estimate of drug-likeness (QED) is 0.894. The van der Waals surface area contributed by atoms with Crippen LogP contribution in [0.5, 0.6) is 0 Å². The van der Waals surface area contributed by atoms with Gasteiger partial charge in [-0.2, -0.15) is 0 Å². The minimum atomic E-state index is 0.730. The van der Waals surface area contributed by atoms with Crippen LogP contribution in [0.4, 0.5) is 5.69 Å². The van der Waals surface area contributed by atoms with Gasteiger partial charge >= 0.3 is 0 Å². The van der Waals surface area contributed by atoms with E-state index in [-0.39, 0.29) is 0 Å². The molecule has 0 bridgehead atoms. The molecule has 1 fully saturated rings. The Kier molecular flexibility index (Phi) is 4.63. The first-order valence-electron chi connectivity index (χ1n) is 6.36. The molecule has 3 nitrogen and oxygen atoms in total. The number of halogens is 1. The van der Waals surface area contributed by atoms with Gasteiger partial charge in [-0.3, -0.25) is 4.98 Å². The first kappa shape index (κ1) is 12.7. The van der Waals surface area contributed by atoms with Gasteiger partial charge in [0.25, 0.3) is 0 Å². The Morgan fingerprint density at radius 1 is 1.59 bits per heavy atom. The van der Waals surface area contributed by atoms with Gasteiger partial charge in [-0.15, -0.1) is 0 Å². The lowest BCUT2D eigenvalue weighted by Gasteiger charge is -2.31. The molecule has 1 saturated heterocycles. The summed E-state index contributed by atoms with van der Waals surface area (Å²) in [6.07, 6.45) is 6.13. The molecule has 1 aromatic rings. The molecule has 0 aliphatic carbocycles. The van der Waals surface area contributed by atoms with Gasteiger partial charge in [0.2, 0.25) is 0 Å². The van der Waals surface area contributed by atoms with Crippen LogP contribution >= 0.6 is 11.6 Å². The van der Waals surface area contributed by atoms with E-state index in [1.165, 1.54) is 19.4 Å². The minimum Gasteiger partial charge on any atom is -0.370 e. The second-order valence-corrected chi connectivity index (χ2v) is 4.99. The third-order valence-electron chi connectivity index (χ3n) is 3.35. The van der Waals surface area contributed by atoms with Crippen LogP contribution < -0.4 is 10.2 Å². The van der Waals surface area contributed by atoms with Crippen LogP contribution in [0.25, 0.3) is 0 Å². The van der Waals surface area contributed by atoms with Gasteiger partial charge < -0.3 is 10.2 Å². The summed E-state index contributed by atoms with van der Waals surface area (Å²) in [6, 6.07) is 2.00. The molecule has 0 spiro atoms. The summed E-state index contributed by atoms with van der Waals surface area (Å²) in [5.41, 5.74) is 1.11. The normalized spacial score (nSPS) is 20.2. The van der Waals surface area contributed by atoms with E-state index < -0.39 is 0 Å². The van der Waals surface area contributed by atoms with Crippen molar-refractivity contribution in [3.8, 4) is 0 Å². The zero-order valence-corrected chi connectivity index (χ0v) is 11.1. The van der Waals surface area contributed by atoms with Crippen molar-refractivity contribution in [2.24, 2.45) is 5.92 Å². The summed E-state index contributed by atoms with van der Waals surface area (Å²) < 4.78 is 0. The number of rotatable bonds is 4. The average Bonchev–Trinajstić information content (AvgIpc) is 2.38. The summed E-state index contributed by atoms with van der Waals surface area (Å²) >= 11 is 6.20. The summed E-state index contributed by atoms with van der Waals surface area (Å²) in [5.74, 6) is 0.730. The maximum Gasteiger partial charge on any atom is 0.0822 e. The van der Waals surface area contributed by atoms with Crippen molar-refractivity contribution in [1.29, 1.82) is 0 Å². The Labute approximate surface area is 108 Å². The Hall–Kier alpha value is -0.800. The highest BCUT2D eigenvalue weighted by Crippen LogP contribution is 2.25. The van der Waals surface area contributed by atoms with Crippen LogP contribution in [0.1, 0.15) is 19.8 Å². The molecule has 0 radical (unpaired) electrons. The van der Waals surface area contributed by atoms with Gasteiger partial charge in [0.05, 0.1) is 10.7 Å². The lowest BCUT2D eigenvalue weighted by molar-refractivity contribution is 0.378. The maximum atomic E-state index is 6.20. The number of hydrogen-bond acceptors (Lipinski definition) is 3. The van der Waals surface area contributed by atoms with Crippen molar-refractivity contribution in [2.45, 2.75) is 19.8 Å². The van der Waals surface area contributed by atoms with E-state index >= 15 is 0 Å². The van der Waals surface area contributed by atoms with Crippen LogP contribution in [0.15, 0.2) is 18.5 Å². The van der Waals surface area contributed by atoms with Gasteiger partial charge in [-0.25, -0.2) is 0 Å². The van der Waals surface area contributed by atoms with Crippen molar-refractivity contribution in [1.82, 2.24) is 10.3 Å². The van der Waals surface area contributed by atoms with E-state index in [2.05, 4.69) is 22.1 Å². The smallest absolute Gasteiger partial charge is 0.0822 e. The van der Waals surface area contributed by atoms with Crippen molar-refractivity contribution < 1.29 is 0 Å². The van der Waals surface area contributed by atoms with Crippen molar-refractivity contribution >= 4 is 17.3 Å². The van der Waals surface area contributed by atoms with E-state index in [0.717, 1.165) is 36.3 Å². The van der Waals surface area contributed by atoms with Crippen LogP contribution in [0.2, 0.25) is 5.02 Å². The summed E-state index contributed by atoms with van der Waals surface area (Å²) in [5, 5.41) is 4.21. The Balaban J connectivity index is 2.03. The largest absolute Gasteiger partial charge is 0.370 e. The second-order valence-electron chi connectivity index (χ2n) is 4.58. The molecule has 1 atom stereocenters. The SMILES string of the molecule is CCN(CC1CCCNC1)c1ccncc1Cl. The molecule has 1 aliphatic heterocycles. The lowest BCUT2D eigenvalue weighted by Crippen LogP contribution is -2.38. The third-order valence-corrected chi connectivity index (χ3v) is 3.64. The van der Waals surface area contributed by atoms with Gasteiger partial charge in [0.1, 0.15) is 0 Å². The van der Waals surface area contributed by atoms with E-state index in [4.69, 9.17) is 11.6 Å². The molecule has 0 aromatic carbocycles. The Morgan fingerprint density at radius 3 is 3.12 bits per heavy atom. The van der Waals surface area contributed by atoms with Gasteiger partial charge in [0.15, 0.2) is 0 Å². The van der Waals surface area contributed by atoms with Crippen molar-refractivity contribution in [2.75, 3.05) is 31.1 Å². The first-order chi connectivity index (χ1) is 8.31. The third kappa shape index (κ3) is 3.33. The fourth-order valence-corrected chi connectivity index (χ4v) is 2.65. The number of pyridine rings is 1. The summed E-state index contributed by atoms with van der Waals surface area (Å²) in [7, 11) is 0. The van der Waals surface area contributed by atoms with Crippen molar-refractivity contribution in [3.63, 3.8) is 0 Å².